The number of Topliss-reactive ketones (excluding diaryl/α,β-unsaturated/α-hetero) is 1. The zero-order valence-corrected chi connectivity index (χ0v) is 13.1. The van der Waals surface area contributed by atoms with Gasteiger partial charge in [-0.3, -0.25) is 14.4 Å². The molecule has 1 amide bonds. The maximum absolute atomic E-state index is 11.9. The van der Waals surface area contributed by atoms with Gasteiger partial charge in [0.25, 0.3) is 5.91 Å². The first-order chi connectivity index (χ1) is 11.5. The van der Waals surface area contributed by atoms with Gasteiger partial charge in [-0.2, -0.15) is 0 Å². The fraction of sp³-hybridized carbons (Fsp3) is 0.167. The summed E-state index contributed by atoms with van der Waals surface area (Å²) in [6.45, 7) is 1.37. The number of carbonyl (C=O) groups is 3. The van der Waals surface area contributed by atoms with E-state index in [1.165, 1.54) is 6.92 Å². The van der Waals surface area contributed by atoms with Crippen LogP contribution in [0.1, 0.15) is 30.1 Å². The topological polar surface area (TPSA) is 83.9 Å². The van der Waals surface area contributed by atoms with Gasteiger partial charge in [-0.05, 0) is 36.4 Å². The maximum Gasteiger partial charge on any atom is 0.303 e. The molecular formula is C18H17NO5. The number of carboxylic acid groups (broad SMARTS) is 1. The molecule has 0 atom stereocenters. The molecule has 2 aromatic carbocycles. The highest BCUT2D eigenvalue weighted by molar-refractivity contribution is 5.98. The first-order valence-electron chi connectivity index (χ1n) is 7.36. The quantitative estimate of drug-likeness (QED) is 0.624. The minimum absolute atomic E-state index is 0.0639. The minimum Gasteiger partial charge on any atom is -0.481 e. The van der Waals surface area contributed by atoms with Gasteiger partial charge in [0.15, 0.2) is 11.5 Å². The Balaban J connectivity index is 2.12. The van der Waals surface area contributed by atoms with Crippen LogP contribution in [-0.2, 0) is 9.59 Å². The van der Waals surface area contributed by atoms with Crippen LogP contribution in [0, 0.1) is 0 Å². The third-order valence-corrected chi connectivity index (χ3v) is 3.22. The van der Waals surface area contributed by atoms with Crippen LogP contribution in [-0.4, -0.2) is 22.8 Å². The van der Waals surface area contributed by atoms with Crippen molar-refractivity contribution in [3.05, 3.63) is 60.2 Å². The van der Waals surface area contributed by atoms with Crippen LogP contribution >= 0.6 is 0 Å². The summed E-state index contributed by atoms with van der Waals surface area (Å²) in [6.07, 6.45) is -0.275. The second-order valence-electron chi connectivity index (χ2n) is 5.08. The monoisotopic (exact) mass is 327 g/mol. The number of hydrogen-bond acceptors (Lipinski definition) is 4. The summed E-state index contributed by atoms with van der Waals surface area (Å²) in [5, 5.41) is 9.74. The summed E-state index contributed by atoms with van der Waals surface area (Å²) >= 11 is 0. The van der Waals surface area contributed by atoms with Gasteiger partial charge in [-0.1, -0.05) is 18.2 Å². The van der Waals surface area contributed by atoms with Crippen molar-refractivity contribution in [3.8, 4) is 5.75 Å². The van der Waals surface area contributed by atoms with Crippen molar-refractivity contribution in [2.24, 2.45) is 0 Å². The first kappa shape index (κ1) is 17.2. The number of anilines is 1. The number of para-hydroxylation sites is 1. The number of rotatable bonds is 7. The SMILES string of the molecule is CC(=O)N(Oc1ccccc1)c1ccc(C(=O)CCC(=O)O)cc1. The minimum atomic E-state index is -1.01. The lowest BCUT2D eigenvalue weighted by atomic mass is 10.1. The molecule has 6 heteroatoms. The normalized spacial score (nSPS) is 10.0. The fourth-order valence-electron chi connectivity index (χ4n) is 2.03. The lowest BCUT2D eigenvalue weighted by Crippen LogP contribution is -2.32. The van der Waals surface area contributed by atoms with Gasteiger partial charge in [-0.25, -0.2) is 0 Å². The maximum atomic E-state index is 11.9. The number of amides is 1. The smallest absolute Gasteiger partial charge is 0.303 e. The van der Waals surface area contributed by atoms with E-state index in [4.69, 9.17) is 9.94 Å². The van der Waals surface area contributed by atoms with E-state index in [0.717, 1.165) is 5.06 Å². The molecule has 0 fully saturated rings. The molecule has 1 N–H and O–H groups in total. The van der Waals surface area contributed by atoms with Gasteiger partial charge >= 0.3 is 5.97 Å². The summed E-state index contributed by atoms with van der Waals surface area (Å²) in [6, 6.07) is 15.1. The fourth-order valence-corrected chi connectivity index (χ4v) is 2.03. The predicted octanol–water partition coefficient (Wildman–Crippen LogP) is 3.08. The molecule has 0 saturated carbocycles. The van der Waals surface area contributed by atoms with Crippen LogP contribution in [0.4, 0.5) is 5.69 Å². The molecule has 0 saturated heterocycles. The summed E-state index contributed by atoms with van der Waals surface area (Å²) in [4.78, 5) is 39.8. The highest BCUT2D eigenvalue weighted by Crippen LogP contribution is 2.20. The van der Waals surface area contributed by atoms with E-state index in [1.807, 2.05) is 6.07 Å². The lowest BCUT2D eigenvalue weighted by Gasteiger charge is -2.21. The number of hydrogen-bond donors (Lipinski definition) is 1. The number of carboxylic acids is 1. The molecule has 0 spiro atoms. The van der Waals surface area contributed by atoms with E-state index in [2.05, 4.69) is 0 Å². The molecule has 2 aromatic rings. The molecule has 0 aliphatic carbocycles. The Morgan fingerprint density at radius 2 is 1.58 bits per heavy atom. The van der Waals surface area contributed by atoms with E-state index in [0.29, 0.717) is 17.0 Å². The van der Waals surface area contributed by atoms with Crippen molar-refractivity contribution < 1.29 is 24.3 Å². The Morgan fingerprint density at radius 3 is 2.12 bits per heavy atom. The zero-order chi connectivity index (χ0) is 17.5. The molecule has 24 heavy (non-hydrogen) atoms. The second kappa shape index (κ2) is 7.92. The molecule has 0 bridgehead atoms. The molecule has 0 radical (unpaired) electrons. The highest BCUT2D eigenvalue weighted by Gasteiger charge is 2.15. The standard InChI is InChI=1S/C18H17NO5/c1-13(20)19(24-16-5-3-2-4-6-16)15-9-7-14(8-10-15)17(21)11-12-18(22)23/h2-10H,11-12H2,1H3,(H,22,23). The number of ketones is 1. The van der Waals surface area contributed by atoms with Crippen LogP contribution in [0.25, 0.3) is 0 Å². The van der Waals surface area contributed by atoms with Gasteiger partial charge in [0.1, 0.15) is 0 Å². The Labute approximate surface area is 139 Å². The van der Waals surface area contributed by atoms with Gasteiger partial charge < -0.3 is 9.94 Å². The lowest BCUT2D eigenvalue weighted by molar-refractivity contribution is -0.137. The molecule has 0 heterocycles. The van der Waals surface area contributed by atoms with E-state index < -0.39 is 5.97 Å². The van der Waals surface area contributed by atoms with Crippen molar-refractivity contribution in [3.63, 3.8) is 0 Å². The van der Waals surface area contributed by atoms with Crippen molar-refractivity contribution >= 4 is 23.3 Å². The summed E-state index contributed by atoms with van der Waals surface area (Å²) in [7, 11) is 0. The third kappa shape index (κ3) is 4.67. The second-order valence-corrected chi connectivity index (χ2v) is 5.08. The van der Waals surface area contributed by atoms with E-state index in [-0.39, 0.29) is 24.5 Å². The van der Waals surface area contributed by atoms with E-state index in [9.17, 15) is 14.4 Å². The van der Waals surface area contributed by atoms with Gasteiger partial charge in [0, 0.05) is 18.9 Å². The molecule has 2 rings (SSSR count). The summed E-state index contributed by atoms with van der Waals surface area (Å²) in [5.74, 6) is -1.08. The molecule has 124 valence electrons. The molecule has 6 nitrogen and oxygen atoms in total. The number of carbonyl (C=O) groups excluding carboxylic acids is 2. The number of hydroxylamine groups is 1. The Hall–Kier alpha value is -3.15. The van der Waals surface area contributed by atoms with Crippen molar-refractivity contribution in [1.29, 1.82) is 0 Å². The molecular weight excluding hydrogens is 310 g/mol. The average Bonchev–Trinajstić information content (AvgIpc) is 2.58. The summed E-state index contributed by atoms with van der Waals surface area (Å²) in [5.41, 5.74) is 0.865. The van der Waals surface area contributed by atoms with E-state index in [1.54, 1.807) is 48.5 Å². The van der Waals surface area contributed by atoms with Crippen LogP contribution < -0.4 is 9.90 Å². The van der Waals surface area contributed by atoms with Gasteiger partial charge in [-0.15, -0.1) is 5.06 Å². The van der Waals surface area contributed by atoms with Gasteiger partial charge in [0.05, 0.1) is 12.1 Å². The Morgan fingerprint density at radius 1 is 0.958 bits per heavy atom. The van der Waals surface area contributed by atoms with Crippen LogP contribution in [0.3, 0.4) is 0 Å². The molecule has 0 aromatic heterocycles. The van der Waals surface area contributed by atoms with Crippen molar-refractivity contribution in [2.45, 2.75) is 19.8 Å². The average molecular weight is 327 g/mol. The van der Waals surface area contributed by atoms with Gasteiger partial charge in [0.2, 0.25) is 0 Å². The first-order valence-corrected chi connectivity index (χ1v) is 7.36. The largest absolute Gasteiger partial charge is 0.481 e. The molecule has 0 unspecified atom stereocenters. The van der Waals surface area contributed by atoms with Crippen LogP contribution in [0.15, 0.2) is 54.6 Å². The van der Waals surface area contributed by atoms with Crippen LogP contribution in [0.2, 0.25) is 0 Å². The summed E-state index contributed by atoms with van der Waals surface area (Å²) < 4.78 is 0. The van der Waals surface area contributed by atoms with E-state index >= 15 is 0 Å². The zero-order valence-electron chi connectivity index (χ0n) is 13.1. The Kier molecular flexibility index (Phi) is 5.68. The predicted molar refractivity (Wildman–Crippen MR) is 87.9 cm³/mol. The number of aliphatic carboxylic acids is 1. The number of benzene rings is 2. The molecule has 0 aliphatic heterocycles. The number of nitrogens with zero attached hydrogens (tertiary/aromatic N) is 1. The highest BCUT2D eigenvalue weighted by atomic mass is 16.7. The third-order valence-electron chi connectivity index (χ3n) is 3.22. The van der Waals surface area contributed by atoms with Crippen molar-refractivity contribution in [1.82, 2.24) is 0 Å². The molecule has 0 aliphatic rings. The van der Waals surface area contributed by atoms with Crippen LogP contribution in [0.5, 0.6) is 5.75 Å². The van der Waals surface area contributed by atoms with Crippen molar-refractivity contribution in [2.75, 3.05) is 5.06 Å². The Bertz CT molecular complexity index is 725.